The van der Waals surface area contributed by atoms with E-state index in [0.29, 0.717) is 11.5 Å². The van der Waals surface area contributed by atoms with Gasteiger partial charge in [0.15, 0.2) is 0 Å². The minimum absolute atomic E-state index is 0.0768. The van der Waals surface area contributed by atoms with Gasteiger partial charge >= 0.3 is 5.97 Å². The lowest BCUT2D eigenvalue weighted by molar-refractivity contribution is -0.285. The van der Waals surface area contributed by atoms with Crippen LogP contribution in [-0.4, -0.2) is 60.4 Å². The molecule has 0 aromatic rings. The first-order chi connectivity index (χ1) is 17.2. The molecule has 6 aliphatic rings. The van der Waals surface area contributed by atoms with Crippen molar-refractivity contribution in [2.45, 2.75) is 139 Å². The van der Waals surface area contributed by atoms with Gasteiger partial charge in [0.1, 0.15) is 5.60 Å². The lowest BCUT2D eigenvalue weighted by atomic mass is 9.50. The first-order valence-corrected chi connectivity index (χ1v) is 14.6. The lowest BCUT2D eigenvalue weighted by Crippen LogP contribution is -2.68. The summed E-state index contributed by atoms with van der Waals surface area (Å²) in [6.07, 6.45) is 14.1. The van der Waals surface area contributed by atoms with Crippen LogP contribution in [0.3, 0.4) is 0 Å². The monoisotopic (exact) mass is 504 g/mol. The van der Waals surface area contributed by atoms with Gasteiger partial charge in [-0.05, 0) is 83.5 Å². The summed E-state index contributed by atoms with van der Waals surface area (Å²) in [7, 11) is 0. The van der Waals surface area contributed by atoms with Gasteiger partial charge in [0, 0.05) is 38.0 Å². The van der Waals surface area contributed by atoms with Crippen molar-refractivity contribution >= 4 is 5.97 Å². The summed E-state index contributed by atoms with van der Waals surface area (Å²) in [5.41, 5.74) is -0.418. The van der Waals surface area contributed by atoms with Gasteiger partial charge in [-0.1, -0.05) is 20.4 Å². The second kappa shape index (κ2) is 9.98. The van der Waals surface area contributed by atoms with Crippen molar-refractivity contribution in [3.63, 3.8) is 0 Å². The maximum absolute atomic E-state index is 12.7. The topological polar surface area (TPSA) is 63.2 Å². The van der Waals surface area contributed by atoms with Gasteiger partial charge in [-0.3, -0.25) is 0 Å². The van der Waals surface area contributed by atoms with E-state index in [1.165, 1.54) is 0 Å². The molecule has 4 unspecified atom stereocenters. The summed E-state index contributed by atoms with van der Waals surface area (Å²) in [4.78, 5) is 12.7. The quantitative estimate of drug-likeness (QED) is 0.163. The van der Waals surface area contributed by atoms with Gasteiger partial charge in [-0.25, -0.2) is 4.79 Å². The van der Waals surface area contributed by atoms with Crippen LogP contribution in [0.4, 0.5) is 0 Å². The summed E-state index contributed by atoms with van der Waals surface area (Å²) >= 11 is 0. The van der Waals surface area contributed by atoms with Gasteiger partial charge < -0.3 is 23.7 Å². The Morgan fingerprint density at radius 3 is 1.67 bits per heavy atom. The molecular weight excluding hydrogens is 456 g/mol. The van der Waals surface area contributed by atoms with E-state index in [0.717, 1.165) is 116 Å². The minimum Gasteiger partial charge on any atom is -0.455 e. The Morgan fingerprint density at radius 1 is 0.833 bits per heavy atom. The Kier molecular flexibility index (Phi) is 7.39. The molecule has 6 rings (SSSR count). The molecule has 0 aromatic carbocycles. The van der Waals surface area contributed by atoms with E-state index in [2.05, 4.69) is 20.4 Å². The summed E-state index contributed by atoms with van der Waals surface area (Å²) in [5, 5.41) is 0. The Balaban J connectivity index is 1.24. The molecule has 0 spiro atoms. The summed E-state index contributed by atoms with van der Waals surface area (Å²) in [6, 6.07) is 0. The van der Waals surface area contributed by atoms with Crippen molar-refractivity contribution in [1.82, 2.24) is 0 Å². The molecule has 6 nitrogen and oxygen atoms in total. The van der Waals surface area contributed by atoms with Crippen molar-refractivity contribution in [3.8, 4) is 0 Å². The third-order valence-corrected chi connectivity index (χ3v) is 10.2. The van der Waals surface area contributed by atoms with E-state index < -0.39 is 5.60 Å². The van der Waals surface area contributed by atoms with E-state index in [9.17, 15) is 4.79 Å². The molecule has 4 atom stereocenters. The van der Waals surface area contributed by atoms with Crippen LogP contribution in [0.25, 0.3) is 0 Å². The van der Waals surface area contributed by atoms with E-state index in [1.807, 2.05) is 0 Å². The van der Waals surface area contributed by atoms with E-state index in [-0.39, 0.29) is 28.4 Å². The third kappa shape index (κ3) is 5.17. The predicted molar refractivity (Wildman–Crippen MR) is 138 cm³/mol. The van der Waals surface area contributed by atoms with Crippen molar-refractivity contribution in [1.29, 1.82) is 0 Å². The molecule has 0 aromatic heterocycles. The zero-order valence-electron chi connectivity index (χ0n) is 23.0. The Bertz CT molecular complexity index is 770. The van der Waals surface area contributed by atoms with Crippen LogP contribution >= 0.6 is 0 Å². The zero-order chi connectivity index (χ0) is 25.5. The molecule has 4 saturated carbocycles. The van der Waals surface area contributed by atoms with Crippen LogP contribution in [0.2, 0.25) is 0 Å². The van der Waals surface area contributed by atoms with E-state index in [1.54, 1.807) is 6.92 Å². The van der Waals surface area contributed by atoms with Gasteiger partial charge in [0.25, 0.3) is 0 Å². The van der Waals surface area contributed by atoms with E-state index in [4.69, 9.17) is 23.7 Å². The number of carbonyl (C=O) groups is 1. The predicted octanol–water partition coefficient (Wildman–Crippen LogP) is 6.05. The highest BCUT2D eigenvalue weighted by Crippen LogP contribution is 2.63. The lowest BCUT2D eigenvalue weighted by Gasteiger charge is -2.64. The number of rotatable bonds is 14. The maximum Gasteiger partial charge on any atom is 0.333 e. The number of esters is 1. The molecule has 4 bridgehead atoms. The fraction of sp³-hybridized carbons (Fsp3) is 0.900. The highest BCUT2D eigenvalue weighted by Gasteiger charge is 2.66. The van der Waals surface area contributed by atoms with Crippen LogP contribution in [0, 0.1) is 5.92 Å². The fourth-order valence-electron chi connectivity index (χ4n) is 8.35. The number of hydrogen-bond acceptors (Lipinski definition) is 6. The number of carbonyl (C=O) groups excluding carboxylic acids is 1. The summed E-state index contributed by atoms with van der Waals surface area (Å²) in [6.45, 7) is 13.3. The average Bonchev–Trinajstić information content (AvgIpc) is 2.76. The van der Waals surface area contributed by atoms with Gasteiger partial charge in [0.05, 0.1) is 35.6 Å². The summed E-state index contributed by atoms with van der Waals surface area (Å²) in [5.74, 6) is 0.189. The molecule has 2 aliphatic heterocycles. The largest absolute Gasteiger partial charge is 0.455 e. The number of ether oxygens (including phenoxy) is 5. The first-order valence-electron chi connectivity index (χ1n) is 14.6. The fourth-order valence-corrected chi connectivity index (χ4v) is 8.35. The Hall–Kier alpha value is -0.950. The van der Waals surface area contributed by atoms with Crippen LogP contribution < -0.4 is 0 Å². The number of hydrogen-bond donors (Lipinski definition) is 0. The molecular formula is C30H48O6. The molecule has 0 N–H and O–H groups in total. The van der Waals surface area contributed by atoms with Crippen LogP contribution in [0.5, 0.6) is 0 Å². The normalized spacial score (nSPS) is 42.6. The van der Waals surface area contributed by atoms with Gasteiger partial charge in [0.2, 0.25) is 0 Å². The molecule has 6 fully saturated rings. The molecule has 36 heavy (non-hydrogen) atoms. The molecule has 2 heterocycles. The second-order valence-corrected chi connectivity index (χ2v) is 12.9. The van der Waals surface area contributed by atoms with Crippen molar-refractivity contribution in [3.05, 3.63) is 12.2 Å². The maximum atomic E-state index is 12.7. The molecule has 2 saturated heterocycles. The molecule has 6 heteroatoms. The smallest absolute Gasteiger partial charge is 0.333 e. The highest BCUT2D eigenvalue weighted by molar-refractivity contribution is 5.87. The zero-order valence-corrected chi connectivity index (χ0v) is 23.0. The van der Waals surface area contributed by atoms with Crippen molar-refractivity contribution < 1.29 is 28.5 Å². The Labute approximate surface area is 217 Å². The summed E-state index contributed by atoms with van der Waals surface area (Å²) < 4.78 is 31.6. The van der Waals surface area contributed by atoms with Crippen molar-refractivity contribution in [2.24, 2.45) is 5.92 Å². The first kappa shape index (κ1) is 26.6. The van der Waals surface area contributed by atoms with Crippen LogP contribution in [-0.2, 0) is 28.5 Å². The highest BCUT2D eigenvalue weighted by atomic mass is 16.6. The van der Waals surface area contributed by atoms with Gasteiger partial charge in [-0.15, -0.1) is 0 Å². The molecule has 0 radical (unpaired) electrons. The van der Waals surface area contributed by atoms with E-state index >= 15 is 0 Å². The minimum atomic E-state index is -0.501. The van der Waals surface area contributed by atoms with Crippen molar-refractivity contribution in [2.75, 3.05) is 26.4 Å². The Morgan fingerprint density at radius 2 is 1.28 bits per heavy atom. The van der Waals surface area contributed by atoms with Crippen LogP contribution in [0.15, 0.2) is 12.2 Å². The SMILES string of the molecule is C=C(C)C(=O)OC12CC3CC(OCCCC4(CC)CCO4)(CC(OCCCC4(CC)CCO4)(C3)C1)C2. The molecule has 4 aliphatic carbocycles. The average molecular weight is 505 g/mol. The van der Waals surface area contributed by atoms with Crippen LogP contribution in [0.1, 0.15) is 111 Å². The second-order valence-electron chi connectivity index (χ2n) is 12.9. The third-order valence-electron chi connectivity index (χ3n) is 10.2. The molecule has 204 valence electrons. The van der Waals surface area contributed by atoms with Gasteiger partial charge in [-0.2, -0.15) is 0 Å². The molecule has 0 amide bonds. The standard InChI is InChI=1S/C30H48O6/c1-5-26(11-15-34-26)9-7-13-32-28-17-24-18-29(20-28,33-14-8-10-27(6-2)12-16-35-27)22-30(19-24,21-28)36-25(31)23(3)4/h24H,3,5-22H2,1-2,4H3.